The van der Waals surface area contributed by atoms with E-state index in [0.29, 0.717) is 5.84 Å². The van der Waals surface area contributed by atoms with Crippen molar-refractivity contribution in [1.29, 1.82) is 0 Å². The molecule has 4 nitrogen and oxygen atoms in total. The Labute approximate surface area is 295 Å². The molecule has 4 heteroatoms. The molecule has 2 heterocycles. The van der Waals surface area contributed by atoms with Crippen LogP contribution in [0.2, 0.25) is 0 Å². The Hall–Kier alpha value is -6.78. The lowest BCUT2D eigenvalue weighted by atomic mass is 9.94. The second-order valence-electron chi connectivity index (χ2n) is 13.0. The maximum absolute atomic E-state index is 6.56. The minimum Gasteiger partial charge on any atom is -0.456 e. The van der Waals surface area contributed by atoms with Gasteiger partial charge >= 0.3 is 0 Å². The Morgan fingerprint density at radius 2 is 1.06 bits per heavy atom. The van der Waals surface area contributed by atoms with E-state index in [1.54, 1.807) is 0 Å². The lowest BCUT2D eigenvalue weighted by molar-refractivity contribution is 0.668. The molecule has 0 aliphatic carbocycles. The van der Waals surface area contributed by atoms with Gasteiger partial charge in [-0.05, 0) is 67.6 Å². The SMILES string of the molecule is c1ccc(-c2ccc(C3=NC(c4ccccc4)NC(c4cccc5oc6cccc(-c7ccc8c(ccc9ccccc98)c7)c6c45)=N3)cc2)cc1. The molecule has 1 aliphatic heterocycles. The molecular formula is C47H31N3O. The highest BCUT2D eigenvalue weighted by atomic mass is 16.3. The molecule has 51 heavy (non-hydrogen) atoms. The van der Waals surface area contributed by atoms with Crippen molar-refractivity contribution in [3.63, 3.8) is 0 Å². The van der Waals surface area contributed by atoms with Crippen LogP contribution in [-0.4, -0.2) is 11.7 Å². The molecule has 0 saturated carbocycles. The zero-order valence-corrected chi connectivity index (χ0v) is 27.6. The average Bonchev–Trinajstić information content (AvgIpc) is 3.60. The molecule has 240 valence electrons. The maximum Gasteiger partial charge on any atom is 0.159 e. The number of benzene rings is 8. The van der Waals surface area contributed by atoms with E-state index in [9.17, 15) is 0 Å². The topological polar surface area (TPSA) is 49.9 Å². The summed E-state index contributed by atoms with van der Waals surface area (Å²) < 4.78 is 6.56. The van der Waals surface area contributed by atoms with Gasteiger partial charge in [0, 0.05) is 21.9 Å². The minimum atomic E-state index is -0.314. The van der Waals surface area contributed by atoms with Crippen molar-refractivity contribution < 1.29 is 4.42 Å². The van der Waals surface area contributed by atoms with Gasteiger partial charge < -0.3 is 9.73 Å². The summed E-state index contributed by atoms with van der Waals surface area (Å²) in [7, 11) is 0. The third kappa shape index (κ3) is 5.08. The third-order valence-electron chi connectivity index (χ3n) is 9.94. The molecular weight excluding hydrogens is 623 g/mol. The summed E-state index contributed by atoms with van der Waals surface area (Å²) in [6.45, 7) is 0. The normalized spacial score (nSPS) is 14.5. The summed E-state index contributed by atoms with van der Waals surface area (Å²) in [4.78, 5) is 10.4. The van der Waals surface area contributed by atoms with Crippen LogP contribution in [0.25, 0.3) is 65.7 Å². The minimum absolute atomic E-state index is 0.314. The summed E-state index contributed by atoms with van der Waals surface area (Å²) in [5.41, 5.74) is 9.25. The fourth-order valence-corrected chi connectivity index (χ4v) is 7.45. The second-order valence-corrected chi connectivity index (χ2v) is 13.0. The second kappa shape index (κ2) is 12.0. The number of rotatable bonds is 5. The Balaban J connectivity index is 1.13. The lowest BCUT2D eigenvalue weighted by Crippen LogP contribution is -2.33. The van der Waals surface area contributed by atoms with Crippen LogP contribution in [0.1, 0.15) is 22.9 Å². The van der Waals surface area contributed by atoms with Gasteiger partial charge in [-0.1, -0.05) is 158 Å². The molecule has 0 fully saturated rings. The Morgan fingerprint density at radius 1 is 0.451 bits per heavy atom. The molecule has 8 aromatic carbocycles. The number of hydrogen-bond donors (Lipinski definition) is 1. The zero-order valence-electron chi connectivity index (χ0n) is 27.6. The molecule has 1 unspecified atom stereocenters. The fourth-order valence-electron chi connectivity index (χ4n) is 7.45. The van der Waals surface area contributed by atoms with Crippen molar-refractivity contribution in [3.8, 4) is 22.3 Å². The van der Waals surface area contributed by atoms with Crippen LogP contribution in [0.3, 0.4) is 0 Å². The molecule has 9 aromatic rings. The average molecular weight is 654 g/mol. The molecule has 0 saturated heterocycles. The van der Waals surface area contributed by atoms with Gasteiger partial charge in [-0.25, -0.2) is 9.98 Å². The molecule has 10 rings (SSSR count). The van der Waals surface area contributed by atoms with Crippen molar-refractivity contribution in [3.05, 3.63) is 193 Å². The van der Waals surface area contributed by atoms with Gasteiger partial charge in [-0.3, -0.25) is 0 Å². The predicted octanol–water partition coefficient (Wildman–Crippen LogP) is 11.7. The number of amidine groups is 2. The third-order valence-corrected chi connectivity index (χ3v) is 9.94. The smallest absolute Gasteiger partial charge is 0.159 e. The fraction of sp³-hybridized carbons (Fsp3) is 0.0213. The van der Waals surface area contributed by atoms with E-state index >= 15 is 0 Å². The van der Waals surface area contributed by atoms with Gasteiger partial charge in [0.15, 0.2) is 5.84 Å². The van der Waals surface area contributed by atoms with Crippen molar-refractivity contribution in [2.75, 3.05) is 0 Å². The van der Waals surface area contributed by atoms with E-state index in [-0.39, 0.29) is 6.17 Å². The highest BCUT2D eigenvalue weighted by Crippen LogP contribution is 2.40. The van der Waals surface area contributed by atoms with Crippen LogP contribution in [0.4, 0.5) is 0 Å². The first-order chi connectivity index (χ1) is 25.3. The van der Waals surface area contributed by atoms with Crippen LogP contribution in [0.15, 0.2) is 190 Å². The van der Waals surface area contributed by atoms with Crippen molar-refractivity contribution in [2.24, 2.45) is 9.98 Å². The van der Waals surface area contributed by atoms with Crippen LogP contribution in [-0.2, 0) is 0 Å². The van der Waals surface area contributed by atoms with E-state index in [1.165, 1.54) is 27.1 Å². The first kappa shape index (κ1) is 29.2. The van der Waals surface area contributed by atoms with Gasteiger partial charge in [-0.2, -0.15) is 0 Å². The monoisotopic (exact) mass is 653 g/mol. The summed E-state index contributed by atoms with van der Waals surface area (Å²) in [5.74, 6) is 1.44. The molecule has 0 spiro atoms. The van der Waals surface area contributed by atoms with E-state index in [4.69, 9.17) is 14.4 Å². The quantitative estimate of drug-likeness (QED) is 0.188. The molecule has 1 atom stereocenters. The van der Waals surface area contributed by atoms with E-state index in [1.807, 2.05) is 24.3 Å². The van der Waals surface area contributed by atoms with Crippen LogP contribution in [0.5, 0.6) is 0 Å². The number of aliphatic imine (C=N–C) groups is 2. The summed E-state index contributed by atoms with van der Waals surface area (Å²) in [6.07, 6.45) is -0.314. The first-order valence-electron chi connectivity index (χ1n) is 17.3. The van der Waals surface area contributed by atoms with E-state index in [0.717, 1.165) is 61.2 Å². The van der Waals surface area contributed by atoms with Crippen molar-refractivity contribution >= 4 is 55.2 Å². The lowest BCUT2D eigenvalue weighted by Gasteiger charge is -2.24. The zero-order chi connectivity index (χ0) is 33.7. The number of nitrogens with one attached hydrogen (secondary N) is 1. The molecule has 0 bridgehead atoms. The van der Waals surface area contributed by atoms with Crippen molar-refractivity contribution in [1.82, 2.24) is 5.32 Å². The Kier molecular flexibility index (Phi) is 6.85. The summed E-state index contributed by atoms with van der Waals surface area (Å²) in [5, 5.41) is 10.8. The Bertz CT molecular complexity index is 2820. The number of hydrogen-bond acceptors (Lipinski definition) is 4. The van der Waals surface area contributed by atoms with Crippen molar-refractivity contribution in [2.45, 2.75) is 6.17 Å². The van der Waals surface area contributed by atoms with Crippen LogP contribution < -0.4 is 5.32 Å². The summed E-state index contributed by atoms with van der Waals surface area (Å²) >= 11 is 0. The predicted molar refractivity (Wildman–Crippen MR) is 211 cm³/mol. The largest absolute Gasteiger partial charge is 0.456 e. The summed E-state index contributed by atoms with van der Waals surface area (Å²) in [6, 6.07) is 61.6. The Morgan fingerprint density at radius 3 is 1.86 bits per heavy atom. The van der Waals surface area contributed by atoms with Gasteiger partial charge in [0.05, 0.1) is 0 Å². The molecule has 1 N–H and O–H groups in total. The van der Waals surface area contributed by atoms with Crippen LogP contribution >= 0.6 is 0 Å². The van der Waals surface area contributed by atoms with Gasteiger partial charge in [0.2, 0.25) is 0 Å². The van der Waals surface area contributed by atoms with Gasteiger partial charge in [0.25, 0.3) is 0 Å². The molecule has 0 radical (unpaired) electrons. The molecule has 0 amide bonds. The number of fused-ring (bicyclic) bond motifs is 6. The number of nitrogens with zero attached hydrogens (tertiary/aromatic N) is 2. The molecule has 1 aromatic heterocycles. The van der Waals surface area contributed by atoms with Crippen LogP contribution in [0, 0.1) is 0 Å². The number of furan rings is 1. The standard InChI is InChI=1S/C47H31N3O/c1-3-11-30(12-4-1)31-21-24-34(25-22-31)46-48-45(33-14-5-2-6-15-33)49-47(50-46)40-18-10-20-42-44(40)43-39(17-9-19-41(43)51-42)36-27-28-38-35(29-36)26-23-32-13-7-8-16-37(32)38/h1-29,45H,(H,48,49,50). The molecule has 1 aliphatic rings. The highest BCUT2D eigenvalue weighted by Gasteiger charge is 2.25. The highest BCUT2D eigenvalue weighted by molar-refractivity contribution is 6.24. The van der Waals surface area contributed by atoms with Gasteiger partial charge in [-0.15, -0.1) is 0 Å². The van der Waals surface area contributed by atoms with E-state index < -0.39 is 0 Å². The maximum atomic E-state index is 6.56. The van der Waals surface area contributed by atoms with E-state index in [2.05, 4.69) is 157 Å². The van der Waals surface area contributed by atoms with Gasteiger partial charge in [0.1, 0.15) is 23.2 Å². The first-order valence-corrected chi connectivity index (χ1v) is 17.3.